The molecule has 0 unspecified atom stereocenters. The fourth-order valence-corrected chi connectivity index (χ4v) is 3.50. The number of nitrogens with one attached hydrogen (secondary N) is 1. The molecule has 3 rings (SSSR count). The van der Waals surface area contributed by atoms with Crippen molar-refractivity contribution in [2.75, 3.05) is 12.4 Å². The predicted octanol–water partition coefficient (Wildman–Crippen LogP) is 5.42. The minimum atomic E-state index is -0.606. The zero-order chi connectivity index (χ0) is 18.8. The fraction of sp³-hybridized carbons (Fsp3) is 0.0556. The van der Waals surface area contributed by atoms with Crippen molar-refractivity contribution in [3.05, 3.63) is 73.7 Å². The third-order valence-corrected chi connectivity index (χ3v) is 4.90. The number of carbonyl (C=O) groups excluding carboxylic acids is 1. The number of hydrogen-bond donors (Lipinski definition) is 1. The number of nitro benzene ring substituents is 1. The number of hydrogen-bond acceptors (Lipinski definition) is 4. The highest BCUT2D eigenvalue weighted by atomic mass is 79.9. The number of methoxy groups -OCH3 is 1. The number of carbonyl (C=O) groups is 1. The van der Waals surface area contributed by atoms with Crippen molar-refractivity contribution in [3.8, 4) is 5.75 Å². The Labute approximate surface area is 162 Å². The Bertz CT molecular complexity index is 1040. The Morgan fingerprint density at radius 1 is 1.23 bits per heavy atom. The second-order valence-electron chi connectivity index (χ2n) is 5.37. The lowest BCUT2D eigenvalue weighted by atomic mass is 10.1. The first-order valence-electron chi connectivity index (χ1n) is 7.43. The number of nitrogens with zero attached hydrogens (tertiary/aromatic N) is 1. The fourth-order valence-electron chi connectivity index (χ4n) is 2.58. The Hall–Kier alpha value is -2.64. The second-order valence-corrected chi connectivity index (χ2v) is 6.57. The molecule has 132 valence electrons. The van der Waals surface area contributed by atoms with Crippen LogP contribution in [0.4, 0.5) is 11.4 Å². The summed E-state index contributed by atoms with van der Waals surface area (Å²) >= 11 is 9.27. The summed E-state index contributed by atoms with van der Waals surface area (Å²) in [5.74, 6) is -0.0745. The molecule has 0 bridgehead atoms. The van der Waals surface area contributed by atoms with Gasteiger partial charge >= 0.3 is 0 Å². The van der Waals surface area contributed by atoms with E-state index in [-0.39, 0.29) is 16.4 Å². The van der Waals surface area contributed by atoms with Crippen molar-refractivity contribution in [2.24, 2.45) is 0 Å². The molecule has 0 aliphatic heterocycles. The van der Waals surface area contributed by atoms with Crippen molar-refractivity contribution in [1.29, 1.82) is 0 Å². The van der Waals surface area contributed by atoms with Crippen LogP contribution in [-0.4, -0.2) is 17.9 Å². The monoisotopic (exact) mass is 434 g/mol. The lowest BCUT2D eigenvalue weighted by Crippen LogP contribution is -2.13. The number of amides is 1. The molecular weight excluding hydrogens is 424 g/mol. The lowest BCUT2D eigenvalue weighted by Gasteiger charge is -2.13. The Morgan fingerprint density at radius 2 is 1.96 bits per heavy atom. The topological polar surface area (TPSA) is 81.5 Å². The number of ether oxygens (including phenoxy) is 1. The van der Waals surface area contributed by atoms with Gasteiger partial charge in [0.25, 0.3) is 11.6 Å². The molecule has 3 aromatic carbocycles. The number of halogens is 2. The summed E-state index contributed by atoms with van der Waals surface area (Å²) < 4.78 is 6.04. The van der Waals surface area contributed by atoms with E-state index in [9.17, 15) is 14.9 Å². The molecule has 0 atom stereocenters. The van der Waals surface area contributed by atoms with Crippen molar-refractivity contribution in [2.45, 2.75) is 0 Å². The van der Waals surface area contributed by atoms with Crippen LogP contribution in [0.5, 0.6) is 5.75 Å². The van der Waals surface area contributed by atoms with Crippen LogP contribution >= 0.6 is 27.5 Å². The molecule has 0 aromatic heterocycles. The van der Waals surface area contributed by atoms with Gasteiger partial charge in [-0.2, -0.15) is 0 Å². The number of rotatable bonds is 4. The third-order valence-electron chi connectivity index (χ3n) is 3.79. The van der Waals surface area contributed by atoms with Crippen molar-refractivity contribution < 1.29 is 14.5 Å². The van der Waals surface area contributed by atoms with Gasteiger partial charge < -0.3 is 10.1 Å². The van der Waals surface area contributed by atoms with Crippen LogP contribution < -0.4 is 10.1 Å². The molecule has 0 aliphatic rings. The summed E-state index contributed by atoms with van der Waals surface area (Å²) in [6.45, 7) is 0. The molecule has 1 amide bonds. The molecule has 6 nitrogen and oxygen atoms in total. The molecule has 1 N–H and O–H groups in total. The van der Waals surface area contributed by atoms with Gasteiger partial charge in [0, 0.05) is 11.8 Å². The van der Waals surface area contributed by atoms with Crippen LogP contribution in [0.3, 0.4) is 0 Å². The van der Waals surface area contributed by atoms with E-state index >= 15 is 0 Å². The number of nitro groups is 1. The summed E-state index contributed by atoms with van der Waals surface area (Å²) in [5, 5.41) is 15.4. The van der Waals surface area contributed by atoms with Crippen LogP contribution in [-0.2, 0) is 0 Å². The van der Waals surface area contributed by atoms with E-state index in [0.29, 0.717) is 15.8 Å². The molecule has 0 saturated heterocycles. The maximum atomic E-state index is 12.7. The largest absolute Gasteiger partial charge is 0.495 e. The molecule has 26 heavy (non-hydrogen) atoms. The maximum absolute atomic E-state index is 12.7. The van der Waals surface area contributed by atoms with E-state index in [1.807, 2.05) is 24.3 Å². The molecule has 0 fully saturated rings. The van der Waals surface area contributed by atoms with E-state index in [2.05, 4.69) is 21.2 Å². The summed E-state index contributed by atoms with van der Waals surface area (Å²) in [6.07, 6.45) is 0. The summed E-state index contributed by atoms with van der Waals surface area (Å²) in [7, 11) is 1.47. The standard InChI is InChI=1S/C18H12BrClN2O4/c1-26-17-13(8-10-4-2-3-5-12(10)16(17)19)18(23)21-11-6-7-14(20)15(9-11)22(24)25/h2-9H,1H3,(H,21,23). The van der Waals surface area contributed by atoms with Gasteiger partial charge in [0.1, 0.15) is 10.8 Å². The Morgan fingerprint density at radius 3 is 2.65 bits per heavy atom. The van der Waals surface area contributed by atoms with E-state index in [0.717, 1.165) is 10.8 Å². The van der Waals surface area contributed by atoms with Gasteiger partial charge in [-0.25, -0.2) is 0 Å². The highest BCUT2D eigenvalue weighted by Gasteiger charge is 2.20. The van der Waals surface area contributed by atoms with Gasteiger partial charge in [0.2, 0.25) is 0 Å². The minimum absolute atomic E-state index is 0.000899. The first-order valence-corrected chi connectivity index (χ1v) is 8.60. The van der Waals surface area contributed by atoms with Gasteiger partial charge in [0.05, 0.1) is 22.1 Å². The van der Waals surface area contributed by atoms with Crippen molar-refractivity contribution >= 4 is 55.6 Å². The molecular formula is C18H12BrClN2O4. The number of fused-ring (bicyclic) bond motifs is 1. The molecule has 0 heterocycles. The highest BCUT2D eigenvalue weighted by Crippen LogP contribution is 2.37. The van der Waals surface area contributed by atoms with Gasteiger partial charge in [-0.1, -0.05) is 35.9 Å². The van der Waals surface area contributed by atoms with E-state index < -0.39 is 10.8 Å². The second kappa shape index (κ2) is 7.31. The Kier molecular flexibility index (Phi) is 5.11. The van der Waals surface area contributed by atoms with Gasteiger partial charge in [0.15, 0.2) is 0 Å². The van der Waals surface area contributed by atoms with E-state index in [4.69, 9.17) is 16.3 Å². The molecule has 8 heteroatoms. The molecule has 0 saturated carbocycles. The average molecular weight is 436 g/mol. The van der Waals surface area contributed by atoms with Crippen LogP contribution in [0, 0.1) is 10.1 Å². The normalized spacial score (nSPS) is 10.6. The molecule has 3 aromatic rings. The van der Waals surface area contributed by atoms with Crippen LogP contribution in [0.2, 0.25) is 5.02 Å². The Balaban J connectivity index is 2.03. The first-order chi connectivity index (χ1) is 12.4. The summed E-state index contributed by atoms with van der Waals surface area (Å²) in [4.78, 5) is 23.1. The van der Waals surface area contributed by atoms with E-state index in [1.165, 1.54) is 25.3 Å². The van der Waals surface area contributed by atoms with Crippen molar-refractivity contribution in [1.82, 2.24) is 0 Å². The molecule has 0 aliphatic carbocycles. The number of benzene rings is 3. The smallest absolute Gasteiger partial charge is 0.289 e. The van der Waals surface area contributed by atoms with Crippen LogP contribution in [0.25, 0.3) is 10.8 Å². The van der Waals surface area contributed by atoms with Crippen LogP contribution in [0.15, 0.2) is 53.0 Å². The molecule has 0 spiro atoms. The van der Waals surface area contributed by atoms with Crippen molar-refractivity contribution in [3.63, 3.8) is 0 Å². The minimum Gasteiger partial charge on any atom is -0.495 e. The zero-order valence-electron chi connectivity index (χ0n) is 13.5. The summed E-state index contributed by atoms with van der Waals surface area (Å²) in [5.41, 5.74) is 0.282. The maximum Gasteiger partial charge on any atom is 0.289 e. The van der Waals surface area contributed by atoms with E-state index in [1.54, 1.807) is 6.07 Å². The lowest BCUT2D eigenvalue weighted by molar-refractivity contribution is -0.384. The van der Waals surface area contributed by atoms with Gasteiger partial charge in [-0.05, 0) is 44.9 Å². The molecule has 0 radical (unpaired) electrons. The zero-order valence-corrected chi connectivity index (χ0v) is 15.8. The van der Waals surface area contributed by atoms with Gasteiger partial charge in [-0.15, -0.1) is 0 Å². The first kappa shape index (κ1) is 18.2. The SMILES string of the molecule is COc1c(C(=O)Nc2ccc(Cl)c([N+](=O)[O-])c2)cc2ccccc2c1Br. The third kappa shape index (κ3) is 3.36. The summed E-state index contributed by atoms with van der Waals surface area (Å²) in [6, 6.07) is 13.3. The quantitative estimate of drug-likeness (QED) is 0.438. The average Bonchev–Trinajstić information content (AvgIpc) is 2.63. The van der Waals surface area contributed by atoms with Crippen LogP contribution in [0.1, 0.15) is 10.4 Å². The van der Waals surface area contributed by atoms with Gasteiger partial charge in [-0.3, -0.25) is 14.9 Å². The number of anilines is 1. The predicted molar refractivity (Wildman–Crippen MR) is 104 cm³/mol. The highest BCUT2D eigenvalue weighted by molar-refractivity contribution is 9.10.